The van der Waals surface area contributed by atoms with Crippen LogP contribution >= 0.6 is 0 Å². The van der Waals surface area contributed by atoms with Gasteiger partial charge in [-0.1, -0.05) is 24.3 Å². The van der Waals surface area contributed by atoms with Gasteiger partial charge < -0.3 is 0 Å². The standard InChI is InChI=1S/C13H21NO2S/c1-2-17(15,16)14-10-8-13(9-11-14)12-6-4-3-5-7-12/h4-7,12-13H,2-3,8-11H2,1H3. The molecule has 0 bridgehead atoms. The van der Waals surface area contributed by atoms with Crippen molar-refractivity contribution in [2.75, 3.05) is 18.8 Å². The van der Waals surface area contributed by atoms with Crippen molar-refractivity contribution in [3.63, 3.8) is 0 Å². The molecule has 0 radical (unpaired) electrons. The van der Waals surface area contributed by atoms with Crippen molar-refractivity contribution in [2.24, 2.45) is 11.8 Å². The molecule has 0 saturated carbocycles. The van der Waals surface area contributed by atoms with Crippen LogP contribution in [0.1, 0.15) is 26.2 Å². The summed E-state index contributed by atoms with van der Waals surface area (Å²) in [5, 5.41) is 0. The number of hydrogen-bond donors (Lipinski definition) is 0. The van der Waals surface area contributed by atoms with E-state index in [1.54, 1.807) is 11.2 Å². The Bertz CT molecular complexity index is 391. The third kappa shape index (κ3) is 2.99. The summed E-state index contributed by atoms with van der Waals surface area (Å²) in [5.74, 6) is 1.36. The molecule has 96 valence electrons. The fourth-order valence-corrected chi connectivity index (χ4v) is 3.78. The molecule has 2 rings (SSSR count). The number of nitrogens with zero attached hydrogens (tertiary/aromatic N) is 1. The molecule has 0 aromatic heterocycles. The summed E-state index contributed by atoms with van der Waals surface area (Å²) >= 11 is 0. The summed E-state index contributed by atoms with van der Waals surface area (Å²) in [6.45, 7) is 3.10. The monoisotopic (exact) mass is 255 g/mol. The summed E-state index contributed by atoms with van der Waals surface area (Å²) in [7, 11) is -2.98. The highest BCUT2D eigenvalue weighted by Crippen LogP contribution is 2.29. The molecule has 1 fully saturated rings. The first-order chi connectivity index (χ1) is 8.13. The minimum absolute atomic E-state index is 0.223. The Hall–Kier alpha value is -0.610. The molecular formula is C13H21NO2S. The number of piperidine rings is 1. The van der Waals surface area contributed by atoms with Gasteiger partial charge in [0.05, 0.1) is 5.75 Å². The normalized spacial score (nSPS) is 24.3. The fraction of sp³-hybridized carbons (Fsp3) is 0.692. The number of hydrogen-bond acceptors (Lipinski definition) is 2. The smallest absolute Gasteiger partial charge is 0.212 e. The molecule has 17 heavy (non-hydrogen) atoms. The van der Waals surface area contributed by atoms with Crippen LogP contribution in [-0.4, -0.2) is 31.6 Å². The van der Waals surface area contributed by atoms with Crippen molar-refractivity contribution < 1.29 is 8.42 Å². The van der Waals surface area contributed by atoms with E-state index < -0.39 is 10.0 Å². The van der Waals surface area contributed by atoms with E-state index in [2.05, 4.69) is 24.3 Å². The van der Waals surface area contributed by atoms with Crippen molar-refractivity contribution in [2.45, 2.75) is 26.2 Å². The van der Waals surface area contributed by atoms with Gasteiger partial charge in [-0.2, -0.15) is 0 Å². The lowest BCUT2D eigenvalue weighted by Gasteiger charge is -2.33. The summed E-state index contributed by atoms with van der Waals surface area (Å²) < 4.78 is 25.1. The van der Waals surface area contributed by atoms with Crippen LogP contribution in [0.5, 0.6) is 0 Å². The quantitative estimate of drug-likeness (QED) is 0.725. The van der Waals surface area contributed by atoms with E-state index >= 15 is 0 Å². The summed E-state index contributed by atoms with van der Waals surface area (Å²) in [4.78, 5) is 0. The zero-order valence-electron chi connectivity index (χ0n) is 10.4. The predicted molar refractivity (Wildman–Crippen MR) is 70.1 cm³/mol. The van der Waals surface area contributed by atoms with E-state index in [9.17, 15) is 8.42 Å². The number of rotatable bonds is 3. The maximum atomic E-state index is 11.7. The molecule has 1 saturated heterocycles. The second-order valence-electron chi connectivity index (χ2n) is 4.81. The number of allylic oxidation sites excluding steroid dienone is 4. The molecule has 0 spiro atoms. The Kier molecular flexibility index (Phi) is 4.05. The molecule has 2 aliphatic rings. The summed E-state index contributed by atoms with van der Waals surface area (Å²) in [6, 6.07) is 0. The van der Waals surface area contributed by atoms with Gasteiger partial charge in [-0.15, -0.1) is 0 Å². The van der Waals surface area contributed by atoms with Crippen molar-refractivity contribution in [3.8, 4) is 0 Å². The third-order valence-corrected chi connectivity index (χ3v) is 5.67. The van der Waals surface area contributed by atoms with Crippen LogP contribution < -0.4 is 0 Å². The second kappa shape index (κ2) is 5.36. The molecule has 3 nitrogen and oxygen atoms in total. The van der Waals surface area contributed by atoms with Crippen LogP contribution in [0, 0.1) is 11.8 Å². The van der Waals surface area contributed by atoms with Crippen LogP contribution in [0.2, 0.25) is 0 Å². The Morgan fingerprint density at radius 3 is 2.29 bits per heavy atom. The van der Waals surface area contributed by atoms with Crippen molar-refractivity contribution in [1.82, 2.24) is 4.31 Å². The van der Waals surface area contributed by atoms with E-state index in [0.29, 0.717) is 24.9 Å². The highest BCUT2D eigenvalue weighted by molar-refractivity contribution is 7.89. The SMILES string of the molecule is CCS(=O)(=O)N1CCC(C2C=CCC=C2)CC1. The van der Waals surface area contributed by atoms with Gasteiger partial charge in [0.2, 0.25) is 10.0 Å². The van der Waals surface area contributed by atoms with Gasteiger partial charge in [0.1, 0.15) is 0 Å². The summed E-state index contributed by atoms with van der Waals surface area (Å²) in [5.41, 5.74) is 0. The molecule has 4 heteroatoms. The molecule has 0 unspecified atom stereocenters. The molecule has 1 aliphatic carbocycles. The van der Waals surface area contributed by atoms with Gasteiger partial charge in [-0.25, -0.2) is 12.7 Å². The highest BCUT2D eigenvalue weighted by Gasteiger charge is 2.29. The predicted octanol–water partition coefficient (Wildman–Crippen LogP) is 2.18. The lowest BCUT2D eigenvalue weighted by atomic mass is 9.83. The topological polar surface area (TPSA) is 37.4 Å². The van der Waals surface area contributed by atoms with Crippen molar-refractivity contribution in [1.29, 1.82) is 0 Å². The van der Waals surface area contributed by atoms with Crippen molar-refractivity contribution in [3.05, 3.63) is 24.3 Å². The van der Waals surface area contributed by atoms with Crippen LogP contribution in [0.15, 0.2) is 24.3 Å². The van der Waals surface area contributed by atoms with Gasteiger partial charge in [0.15, 0.2) is 0 Å². The Morgan fingerprint density at radius 2 is 1.76 bits per heavy atom. The maximum Gasteiger partial charge on any atom is 0.213 e. The van der Waals surface area contributed by atoms with Crippen LogP contribution in [0.25, 0.3) is 0 Å². The molecule has 1 aliphatic heterocycles. The van der Waals surface area contributed by atoms with Crippen LogP contribution in [0.4, 0.5) is 0 Å². The lowest BCUT2D eigenvalue weighted by molar-refractivity contribution is 0.250. The van der Waals surface area contributed by atoms with Gasteiger partial charge in [0.25, 0.3) is 0 Å². The first-order valence-corrected chi connectivity index (χ1v) is 8.05. The second-order valence-corrected chi connectivity index (χ2v) is 7.06. The first-order valence-electron chi connectivity index (χ1n) is 6.44. The molecular weight excluding hydrogens is 234 g/mol. The Labute approximate surface area is 104 Å². The van der Waals surface area contributed by atoms with E-state index in [0.717, 1.165) is 19.3 Å². The van der Waals surface area contributed by atoms with E-state index in [1.807, 2.05) is 0 Å². The lowest BCUT2D eigenvalue weighted by Crippen LogP contribution is -2.40. The number of sulfonamides is 1. The zero-order valence-corrected chi connectivity index (χ0v) is 11.2. The fourth-order valence-electron chi connectivity index (χ4n) is 2.65. The van der Waals surface area contributed by atoms with Gasteiger partial charge in [-0.05, 0) is 38.0 Å². The van der Waals surface area contributed by atoms with Crippen LogP contribution in [0.3, 0.4) is 0 Å². The van der Waals surface area contributed by atoms with E-state index in [1.165, 1.54) is 0 Å². The van der Waals surface area contributed by atoms with Gasteiger partial charge in [-0.3, -0.25) is 0 Å². The zero-order chi connectivity index (χ0) is 12.3. The minimum atomic E-state index is -2.98. The molecule has 0 N–H and O–H groups in total. The molecule has 0 aromatic rings. The summed E-state index contributed by atoms with van der Waals surface area (Å²) in [6.07, 6.45) is 12.0. The Balaban J connectivity index is 1.92. The molecule has 0 amide bonds. The Morgan fingerprint density at radius 1 is 1.18 bits per heavy atom. The van der Waals surface area contributed by atoms with Gasteiger partial charge in [0, 0.05) is 13.1 Å². The maximum absolute atomic E-state index is 11.7. The third-order valence-electron chi connectivity index (χ3n) is 3.79. The van der Waals surface area contributed by atoms with E-state index in [4.69, 9.17) is 0 Å². The molecule has 0 aromatic carbocycles. The average molecular weight is 255 g/mol. The largest absolute Gasteiger partial charge is 0.213 e. The highest BCUT2D eigenvalue weighted by atomic mass is 32.2. The molecule has 1 heterocycles. The molecule has 0 atom stereocenters. The minimum Gasteiger partial charge on any atom is -0.212 e. The average Bonchev–Trinajstić information content (AvgIpc) is 2.40. The van der Waals surface area contributed by atoms with E-state index in [-0.39, 0.29) is 5.75 Å². The van der Waals surface area contributed by atoms with Crippen LogP contribution in [-0.2, 0) is 10.0 Å². The van der Waals surface area contributed by atoms with Gasteiger partial charge >= 0.3 is 0 Å². The first kappa shape index (κ1) is 12.8. The van der Waals surface area contributed by atoms with Crippen molar-refractivity contribution >= 4 is 10.0 Å².